The quantitative estimate of drug-likeness (QED) is 0.388. The highest BCUT2D eigenvalue weighted by Crippen LogP contribution is 2.31. The fraction of sp³-hybridized carbons (Fsp3) is 0.867. The van der Waals surface area contributed by atoms with Crippen LogP contribution in [0.15, 0.2) is 4.99 Å². The van der Waals surface area contributed by atoms with Crippen LogP contribution in [0, 0.1) is 0 Å². The van der Waals surface area contributed by atoms with E-state index in [1.165, 1.54) is 0 Å². The van der Waals surface area contributed by atoms with Crippen molar-refractivity contribution < 1.29 is 9.90 Å². The van der Waals surface area contributed by atoms with Gasteiger partial charge in [-0.3, -0.25) is 14.7 Å². The second-order valence-corrected chi connectivity index (χ2v) is 6.43. The van der Waals surface area contributed by atoms with Crippen LogP contribution in [0.25, 0.3) is 0 Å². The van der Waals surface area contributed by atoms with Gasteiger partial charge in [-0.05, 0) is 39.0 Å². The van der Waals surface area contributed by atoms with E-state index in [1.807, 2.05) is 6.92 Å². The fourth-order valence-electron chi connectivity index (χ4n) is 2.94. The number of aliphatic imine (C=N–C) groups is 1. The molecule has 0 aromatic heterocycles. The molecule has 2 fully saturated rings. The Morgan fingerprint density at radius 2 is 2.09 bits per heavy atom. The van der Waals surface area contributed by atoms with E-state index in [9.17, 15) is 9.90 Å². The highest BCUT2D eigenvalue weighted by Gasteiger charge is 2.34. The number of primary amides is 1. The van der Waals surface area contributed by atoms with Crippen molar-refractivity contribution in [2.75, 3.05) is 32.7 Å². The average molecular weight is 311 g/mol. The summed E-state index contributed by atoms with van der Waals surface area (Å²) in [6.07, 6.45) is 4.71. The molecule has 22 heavy (non-hydrogen) atoms. The van der Waals surface area contributed by atoms with Crippen molar-refractivity contribution in [1.82, 2.24) is 15.5 Å². The lowest BCUT2D eigenvalue weighted by Crippen LogP contribution is -2.50. The van der Waals surface area contributed by atoms with Gasteiger partial charge in [0.15, 0.2) is 5.96 Å². The Bertz CT molecular complexity index is 401. The summed E-state index contributed by atoms with van der Waals surface area (Å²) in [7, 11) is 0. The number of nitrogens with zero attached hydrogens (tertiary/aromatic N) is 2. The summed E-state index contributed by atoms with van der Waals surface area (Å²) in [5.74, 6) is 0.506. The van der Waals surface area contributed by atoms with Crippen LogP contribution < -0.4 is 16.4 Å². The Hall–Kier alpha value is -1.34. The maximum atomic E-state index is 10.9. The van der Waals surface area contributed by atoms with Crippen molar-refractivity contribution >= 4 is 11.9 Å². The van der Waals surface area contributed by atoms with Crippen molar-refractivity contribution in [2.45, 2.75) is 50.7 Å². The maximum absolute atomic E-state index is 10.9. The predicted octanol–water partition coefficient (Wildman–Crippen LogP) is -0.594. The first-order valence-electron chi connectivity index (χ1n) is 8.28. The molecule has 2 aliphatic rings. The maximum Gasteiger partial charge on any atom is 0.231 e. The number of carbonyl (C=O) groups excluding carboxylic acids is 1. The van der Waals surface area contributed by atoms with Gasteiger partial charge in [0.25, 0.3) is 0 Å². The minimum atomic E-state index is -0.590. The molecule has 7 nitrogen and oxygen atoms in total. The van der Waals surface area contributed by atoms with E-state index in [0.717, 1.165) is 57.7 Å². The Morgan fingerprint density at radius 1 is 1.41 bits per heavy atom. The Morgan fingerprint density at radius 3 is 2.59 bits per heavy atom. The molecule has 5 N–H and O–H groups in total. The van der Waals surface area contributed by atoms with Crippen LogP contribution in [-0.2, 0) is 4.79 Å². The molecule has 0 aromatic carbocycles. The minimum absolute atomic E-state index is 0.268. The lowest BCUT2D eigenvalue weighted by Gasteiger charge is -2.35. The zero-order chi connectivity index (χ0) is 16.0. The van der Waals surface area contributed by atoms with Gasteiger partial charge in [-0.2, -0.15) is 0 Å². The molecule has 0 bridgehead atoms. The van der Waals surface area contributed by atoms with E-state index in [1.54, 1.807) is 0 Å². The van der Waals surface area contributed by atoms with Crippen molar-refractivity contribution in [3.63, 3.8) is 0 Å². The van der Waals surface area contributed by atoms with Gasteiger partial charge in [0.05, 0.1) is 18.7 Å². The average Bonchev–Trinajstić information content (AvgIpc) is 2.44. The van der Waals surface area contributed by atoms with Gasteiger partial charge in [-0.15, -0.1) is 0 Å². The first-order valence-corrected chi connectivity index (χ1v) is 8.28. The molecule has 1 amide bonds. The summed E-state index contributed by atoms with van der Waals surface area (Å²) in [5.41, 5.74) is 4.64. The fourth-order valence-corrected chi connectivity index (χ4v) is 2.94. The molecule has 0 unspecified atom stereocenters. The van der Waals surface area contributed by atoms with E-state index in [4.69, 9.17) is 5.73 Å². The number of piperidine rings is 1. The number of likely N-dealkylation sites (tertiary alicyclic amines) is 1. The first kappa shape index (κ1) is 17.0. The predicted molar refractivity (Wildman–Crippen MR) is 86.6 cm³/mol. The molecule has 1 heterocycles. The number of rotatable bonds is 6. The van der Waals surface area contributed by atoms with Crippen molar-refractivity contribution in [3.8, 4) is 0 Å². The molecule has 1 saturated heterocycles. The van der Waals surface area contributed by atoms with Crippen LogP contribution in [0.1, 0.15) is 39.0 Å². The zero-order valence-corrected chi connectivity index (χ0v) is 13.5. The smallest absolute Gasteiger partial charge is 0.231 e. The van der Waals surface area contributed by atoms with E-state index >= 15 is 0 Å². The van der Waals surface area contributed by atoms with E-state index in [2.05, 4.69) is 20.5 Å². The van der Waals surface area contributed by atoms with Gasteiger partial charge in [0.1, 0.15) is 0 Å². The molecule has 0 aromatic rings. The number of hydrogen-bond acceptors (Lipinski definition) is 4. The summed E-state index contributed by atoms with van der Waals surface area (Å²) >= 11 is 0. The lowest BCUT2D eigenvalue weighted by molar-refractivity contribution is -0.119. The lowest BCUT2D eigenvalue weighted by atomic mass is 9.80. The molecule has 7 heteroatoms. The van der Waals surface area contributed by atoms with Crippen LogP contribution in [-0.4, -0.2) is 66.2 Å². The molecule has 0 spiro atoms. The summed E-state index contributed by atoms with van der Waals surface area (Å²) in [6.45, 7) is 5.36. The molecule has 126 valence electrons. The number of hydrogen-bond donors (Lipinski definition) is 4. The van der Waals surface area contributed by atoms with Crippen LogP contribution in [0.4, 0.5) is 0 Å². The summed E-state index contributed by atoms with van der Waals surface area (Å²) in [4.78, 5) is 17.5. The summed E-state index contributed by atoms with van der Waals surface area (Å²) < 4.78 is 0. The monoisotopic (exact) mass is 311 g/mol. The van der Waals surface area contributed by atoms with Crippen LogP contribution >= 0.6 is 0 Å². The molecule has 1 saturated carbocycles. The number of nitrogens with one attached hydrogen (secondary N) is 2. The number of nitrogens with two attached hydrogens (primary N) is 1. The van der Waals surface area contributed by atoms with Gasteiger partial charge in [-0.25, -0.2) is 0 Å². The molecule has 2 rings (SSSR count). The third-order valence-electron chi connectivity index (χ3n) is 4.47. The summed E-state index contributed by atoms with van der Waals surface area (Å²) in [6, 6.07) is 0.345. The highest BCUT2D eigenvalue weighted by atomic mass is 16.3. The van der Waals surface area contributed by atoms with Gasteiger partial charge in [-0.1, -0.05) is 0 Å². The number of carbonyl (C=O) groups is 1. The number of amides is 1. The Balaban J connectivity index is 1.78. The topological polar surface area (TPSA) is 103 Å². The normalized spacial score (nSPS) is 22.9. The van der Waals surface area contributed by atoms with E-state index in [-0.39, 0.29) is 5.91 Å². The molecule has 0 radical (unpaired) electrons. The van der Waals surface area contributed by atoms with Crippen molar-refractivity contribution in [3.05, 3.63) is 0 Å². The van der Waals surface area contributed by atoms with Crippen LogP contribution in [0.2, 0.25) is 0 Å². The van der Waals surface area contributed by atoms with E-state index < -0.39 is 5.60 Å². The SMILES string of the molecule is CCNC(=NCC1(O)CCC1)NC1CCN(CC(N)=O)CC1. The standard InChI is InChI=1S/C15H29N5O2/c1-2-17-14(18-11-15(22)6-3-7-15)19-12-4-8-20(9-5-12)10-13(16)21/h12,22H,2-11H2,1H3,(H2,16,21)(H2,17,18,19). The van der Waals surface area contributed by atoms with Gasteiger partial charge in [0, 0.05) is 25.7 Å². The number of aliphatic hydroxyl groups is 1. The first-order chi connectivity index (χ1) is 10.5. The van der Waals surface area contributed by atoms with Crippen molar-refractivity contribution in [2.24, 2.45) is 10.7 Å². The highest BCUT2D eigenvalue weighted by molar-refractivity contribution is 5.80. The van der Waals surface area contributed by atoms with E-state index in [0.29, 0.717) is 19.1 Å². The van der Waals surface area contributed by atoms with Crippen LogP contribution in [0.5, 0.6) is 0 Å². The second kappa shape index (κ2) is 7.78. The molecule has 0 atom stereocenters. The third kappa shape index (κ3) is 5.14. The summed E-state index contributed by atoms with van der Waals surface area (Å²) in [5, 5.41) is 16.8. The molecular formula is C15H29N5O2. The Labute approximate surface area is 132 Å². The third-order valence-corrected chi connectivity index (χ3v) is 4.47. The Kier molecular flexibility index (Phi) is 6.02. The largest absolute Gasteiger partial charge is 0.388 e. The van der Waals surface area contributed by atoms with Crippen LogP contribution in [0.3, 0.4) is 0 Å². The molecule has 1 aliphatic heterocycles. The van der Waals surface area contributed by atoms with Gasteiger partial charge in [0.2, 0.25) is 5.91 Å². The van der Waals surface area contributed by atoms with Gasteiger partial charge < -0.3 is 21.5 Å². The van der Waals surface area contributed by atoms with Gasteiger partial charge >= 0.3 is 0 Å². The zero-order valence-electron chi connectivity index (χ0n) is 13.5. The number of guanidine groups is 1. The minimum Gasteiger partial charge on any atom is -0.388 e. The second-order valence-electron chi connectivity index (χ2n) is 6.43. The molecule has 1 aliphatic carbocycles. The van der Waals surface area contributed by atoms with Crippen molar-refractivity contribution in [1.29, 1.82) is 0 Å². The molecular weight excluding hydrogens is 282 g/mol.